The summed E-state index contributed by atoms with van der Waals surface area (Å²) in [5.74, 6) is -0.635. The molecule has 0 unspecified atom stereocenters. The fourth-order valence-corrected chi connectivity index (χ4v) is 2.80. The average molecular weight is 346 g/mol. The molecule has 0 bridgehead atoms. The zero-order valence-electron chi connectivity index (χ0n) is 11.8. The smallest absolute Gasteiger partial charge is 0.203 e. The Balaban J connectivity index is 1.70. The molecular weight excluding hydrogens is 334 g/mol. The topological polar surface area (TPSA) is 77.7 Å². The molecule has 3 aromatic rings. The van der Waals surface area contributed by atoms with Gasteiger partial charge in [-0.15, -0.1) is 11.3 Å². The van der Waals surface area contributed by atoms with Crippen molar-refractivity contribution in [3.05, 3.63) is 58.4 Å². The maximum atomic E-state index is 9.50. The molecule has 0 amide bonds. The van der Waals surface area contributed by atoms with E-state index in [-0.39, 0.29) is 16.5 Å². The van der Waals surface area contributed by atoms with Crippen LogP contribution in [0, 0.1) is 0 Å². The quantitative estimate of drug-likeness (QED) is 0.374. The molecule has 0 aliphatic heterocycles. The monoisotopic (exact) mass is 345 g/mol. The number of hydrazone groups is 1. The minimum atomic E-state index is -0.343. The molecule has 1 heterocycles. The summed E-state index contributed by atoms with van der Waals surface area (Å²) in [4.78, 5) is 4.44. The van der Waals surface area contributed by atoms with Gasteiger partial charge >= 0.3 is 0 Å². The number of phenols is 2. The maximum Gasteiger partial charge on any atom is 0.203 e. The van der Waals surface area contributed by atoms with Crippen molar-refractivity contribution in [3.8, 4) is 22.8 Å². The number of nitrogens with zero attached hydrogens (tertiary/aromatic N) is 2. The molecular formula is C16H12ClN3O2S. The van der Waals surface area contributed by atoms with E-state index in [2.05, 4.69) is 15.5 Å². The molecule has 0 aliphatic rings. The molecule has 1 aromatic heterocycles. The number of hydrogen-bond acceptors (Lipinski definition) is 6. The predicted octanol–water partition coefficient (Wildman–Crippen LogP) is 4.32. The number of rotatable bonds is 4. The Bertz CT molecular complexity index is 827. The average Bonchev–Trinajstić information content (AvgIpc) is 3.02. The molecule has 0 radical (unpaired) electrons. The van der Waals surface area contributed by atoms with Gasteiger partial charge in [-0.25, -0.2) is 4.98 Å². The highest BCUT2D eigenvalue weighted by Gasteiger charge is 2.06. The van der Waals surface area contributed by atoms with E-state index in [9.17, 15) is 10.2 Å². The maximum absolute atomic E-state index is 9.50. The summed E-state index contributed by atoms with van der Waals surface area (Å²) < 4.78 is 0. The van der Waals surface area contributed by atoms with E-state index in [0.29, 0.717) is 10.7 Å². The molecule has 0 aliphatic carbocycles. The van der Waals surface area contributed by atoms with Crippen molar-refractivity contribution < 1.29 is 10.2 Å². The highest BCUT2D eigenvalue weighted by Crippen LogP contribution is 2.33. The summed E-state index contributed by atoms with van der Waals surface area (Å²) in [6.07, 6.45) is 1.48. The van der Waals surface area contributed by atoms with Gasteiger partial charge in [-0.05, 0) is 17.7 Å². The Kier molecular flexibility index (Phi) is 4.45. The van der Waals surface area contributed by atoms with Gasteiger partial charge in [0.25, 0.3) is 0 Å². The Labute approximate surface area is 141 Å². The van der Waals surface area contributed by atoms with Crippen LogP contribution in [0.3, 0.4) is 0 Å². The van der Waals surface area contributed by atoms with Crippen LogP contribution in [-0.2, 0) is 0 Å². The number of halogens is 1. The molecule has 0 saturated carbocycles. The standard InChI is InChI=1S/C16H12ClN3O2S/c17-12-6-10(7-14(21)15(12)22)8-18-20-16-19-13(9-23-16)11-4-2-1-3-5-11/h1-9,21-22H,(H,19,20)/b18-8+. The summed E-state index contributed by atoms with van der Waals surface area (Å²) >= 11 is 7.22. The number of phenolic OH excluding ortho intramolecular Hbond substituents is 2. The van der Waals surface area contributed by atoms with Crippen molar-refractivity contribution >= 4 is 34.3 Å². The molecule has 2 aromatic carbocycles. The molecule has 0 fully saturated rings. The lowest BCUT2D eigenvalue weighted by molar-refractivity contribution is 0.404. The van der Waals surface area contributed by atoms with Gasteiger partial charge in [0, 0.05) is 10.9 Å². The van der Waals surface area contributed by atoms with Crippen LogP contribution in [-0.4, -0.2) is 21.4 Å². The minimum Gasteiger partial charge on any atom is -0.504 e. The van der Waals surface area contributed by atoms with E-state index in [1.165, 1.54) is 29.7 Å². The van der Waals surface area contributed by atoms with Crippen LogP contribution in [0.1, 0.15) is 5.56 Å². The van der Waals surface area contributed by atoms with Crippen molar-refractivity contribution in [2.75, 3.05) is 5.43 Å². The van der Waals surface area contributed by atoms with E-state index in [1.807, 2.05) is 35.7 Å². The molecule has 116 valence electrons. The van der Waals surface area contributed by atoms with Gasteiger partial charge in [0.05, 0.1) is 16.9 Å². The molecule has 7 heteroatoms. The van der Waals surface area contributed by atoms with Gasteiger partial charge in [-0.1, -0.05) is 41.9 Å². The molecule has 23 heavy (non-hydrogen) atoms. The fourth-order valence-electron chi connectivity index (χ4n) is 1.91. The third-order valence-electron chi connectivity index (χ3n) is 3.01. The third-order valence-corrected chi connectivity index (χ3v) is 4.05. The first-order valence-electron chi connectivity index (χ1n) is 6.65. The van der Waals surface area contributed by atoms with Crippen LogP contribution in [0.2, 0.25) is 5.02 Å². The predicted molar refractivity (Wildman–Crippen MR) is 93.5 cm³/mol. The normalized spacial score (nSPS) is 11.0. The van der Waals surface area contributed by atoms with Gasteiger partial charge < -0.3 is 10.2 Å². The van der Waals surface area contributed by atoms with Crippen LogP contribution >= 0.6 is 22.9 Å². The Morgan fingerprint density at radius 1 is 1.17 bits per heavy atom. The van der Waals surface area contributed by atoms with Crippen molar-refractivity contribution in [3.63, 3.8) is 0 Å². The van der Waals surface area contributed by atoms with E-state index in [1.54, 1.807) is 0 Å². The Morgan fingerprint density at radius 3 is 2.70 bits per heavy atom. The second-order valence-electron chi connectivity index (χ2n) is 4.64. The summed E-state index contributed by atoms with van der Waals surface area (Å²) in [5, 5.41) is 25.6. The lowest BCUT2D eigenvalue weighted by atomic mass is 10.2. The van der Waals surface area contributed by atoms with Crippen molar-refractivity contribution in [1.29, 1.82) is 0 Å². The zero-order valence-corrected chi connectivity index (χ0v) is 13.3. The number of nitrogens with one attached hydrogen (secondary N) is 1. The second kappa shape index (κ2) is 6.68. The van der Waals surface area contributed by atoms with Crippen LogP contribution in [0.25, 0.3) is 11.3 Å². The minimum absolute atomic E-state index is 0.0621. The van der Waals surface area contributed by atoms with Gasteiger partial charge in [-0.3, -0.25) is 5.43 Å². The van der Waals surface area contributed by atoms with Crippen LogP contribution in [0.4, 0.5) is 5.13 Å². The lowest BCUT2D eigenvalue weighted by Gasteiger charge is -2.01. The van der Waals surface area contributed by atoms with Crippen LogP contribution in [0.15, 0.2) is 52.9 Å². The number of aromatic hydroxyl groups is 2. The van der Waals surface area contributed by atoms with E-state index in [0.717, 1.165) is 11.3 Å². The van der Waals surface area contributed by atoms with Crippen LogP contribution in [0.5, 0.6) is 11.5 Å². The van der Waals surface area contributed by atoms with Crippen molar-refractivity contribution in [2.45, 2.75) is 0 Å². The number of aromatic nitrogens is 1. The van der Waals surface area contributed by atoms with Gasteiger partial charge in [0.2, 0.25) is 5.13 Å². The van der Waals surface area contributed by atoms with E-state index >= 15 is 0 Å². The number of thiazole rings is 1. The van der Waals surface area contributed by atoms with Gasteiger partial charge in [0.15, 0.2) is 11.5 Å². The highest BCUT2D eigenvalue weighted by atomic mass is 35.5. The van der Waals surface area contributed by atoms with Gasteiger partial charge in [0.1, 0.15) is 0 Å². The lowest BCUT2D eigenvalue weighted by Crippen LogP contribution is -1.90. The largest absolute Gasteiger partial charge is 0.504 e. The zero-order chi connectivity index (χ0) is 16.2. The summed E-state index contributed by atoms with van der Waals surface area (Å²) in [6, 6.07) is 12.7. The Morgan fingerprint density at radius 2 is 1.96 bits per heavy atom. The molecule has 0 atom stereocenters. The van der Waals surface area contributed by atoms with Crippen molar-refractivity contribution in [1.82, 2.24) is 4.98 Å². The van der Waals surface area contributed by atoms with E-state index < -0.39 is 0 Å². The first-order chi connectivity index (χ1) is 11.1. The van der Waals surface area contributed by atoms with Crippen LogP contribution < -0.4 is 5.43 Å². The second-order valence-corrected chi connectivity index (χ2v) is 5.91. The number of benzene rings is 2. The van der Waals surface area contributed by atoms with Gasteiger partial charge in [-0.2, -0.15) is 5.10 Å². The first-order valence-corrected chi connectivity index (χ1v) is 7.91. The SMILES string of the molecule is Oc1cc(/C=N/Nc2nc(-c3ccccc3)cs2)cc(Cl)c1O. The summed E-state index contributed by atoms with van der Waals surface area (Å²) in [6.45, 7) is 0. The first kappa shape index (κ1) is 15.3. The molecule has 3 rings (SSSR count). The van der Waals surface area contributed by atoms with E-state index in [4.69, 9.17) is 11.6 Å². The van der Waals surface area contributed by atoms with Crippen molar-refractivity contribution in [2.24, 2.45) is 5.10 Å². The number of anilines is 1. The third kappa shape index (κ3) is 3.61. The summed E-state index contributed by atoms with van der Waals surface area (Å²) in [5.41, 5.74) is 5.29. The highest BCUT2D eigenvalue weighted by molar-refractivity contribution is 7.14. The molecule has 3 N–H and O–H groups in total. The number of hydrogen-bond donors (Lipinski definition) is 3. The molecule has 0 spiro atoms. The molecule has 0 saturated heterocycles. The molecule has 5 nitrogen and oxygen atoms in total. The Hall–Kier alpha value is -2.57. The fraction of sp³-hybridized carbons (Fsp3) is 0. The summed E-state index contributed by atoms with van der Waals surface area (Å²) in [7, 11) is 0.